The maximum absolute atomic E-state index is 14.0. The van der Waals surface area contributed by atoms with E-state index in [1.165, 1.54) is 6.20 Å². The van der Waals surface area contributed by atoms with Crippen LogP contribution < -0.4 is 10.6 Å². The highest BCUT2D eigenvalue weighted by molar-refractivity contribution is 6.30. The number of anilines is 1. The lowest BCUT2D eigenvalue weighted by molar-refractivity contribution is 0.243. The number of pyridine rings is 1. The number of halogens is 4. The molecule has 5 nitrogen and oxygen atoms in total. The topological polar surface area (TPSA) is 60.0 Å². The van der Waals surface area contributed by atoms with Crippen LogP contribution in [0.5, 0.6) is 0 Å². The van der Waals surface area contributed by atoms with Crippen LogP contribution in [0.4, 0.5) is 19.1 Å². The predicted octanol–water partition coefficient (Wildman–Crippen LogP) is 3.85. The molecule has 1 aromatic carbocycles. The Balaban J connectivity index is 1.86. The van der Waals surface area contributed by atoms with Crippen LogP contribution in [-0.2, 0) is 0 Å². The first-order valence-electron chi connectivity index (χ1n) is 8.98. The summed E-state index contributed by atoms with van der Waals surface area (Å²) in [6.07, 6.45) is 0.705. The van der Waals surface area contributed by atoms with Gasteiger partial charge in [0.2, 0.25) is 5.95 Å². The fourth-order valence-corrected chi connectivity index (χ4v) is 3.70. The van der Waals surface area contributed by atoms with Crippen molar-refractivity contribution in [1.29, 1.82) is 0 Å². The van der Waals surface area contributed by atoms with Crippen molar-refractivity contribution in [2.45, 2.75) is 31.6 Å². The molecule has 0 unspecified atom stereocenters. The first-order chi connectivity index (χ1) is 13.3. The van der Waals surface area contributed by atoms with Crippen LogP contribution in [0.3, 0.4) is 0 Å². The van der Waals surface area contributed by atoms with Crippen molar-refractivity contribution in [2.75, 3.05) is 18.0 Å². The van der Waals surface area contributed by atoms with E-state index in [0.717, 1.165) is 12.1 Å². The zero-order valence-corrected chi connectivity index (χ0v) is 15.9. The van der Waals surface area contributed by atoms with Crippen molar-refractivity contribution < 1.29 is 13.2 Å². The van der Waals surface area contributed by atoms with Crippen molar-refractivity contribution in [1.82, 2.24) is 14.5 Å². The first-order valence-corrected chi connectivity index (χ1v) is 9.36. The summed E-state index contributed by atoms with van der Waals surface area (Å²) in [5, 5.41) is 0.496. The van der Waals surface area contributed by atoms with E-state index in [0.29, 0.717) is 34.2 Å². The van der Waals surface area contributed by atoms with E-state index in [1.807, 2.05) is 11.8 Å². The molecule has 0 aliphatic carbocycles. The molecule has 1 aliphatic heterocycles. The number of aromatic nitrogens is 3. The van der Waals surface area contributed by atoms with Gasteiger partial charge in [-0.1, -0.05) is 11.6 Å². The van der Waals surface area contributed by atoms with Gasteiger partial charge in [-0.2, -0.15) is 0 Å². The number of hydrogen-bond acceptors (Lipinski definition) is 4. The fourth-order valence-electron chi connectivity index (χ4n) is 3.58. The van der Waals surface area contributed by atoms with Crippen LogP contribution in [0.2, 0.25) is 5.02 Å². The third kappa shape index (κ3) is 3.31. The van der Waals surface area contributed by atoms with Crippen LogP contribution in [-0.4, -0.2) is 39.8 Å². The molecule has 0 amide bonds. The van der Waals surface area contributed by atoms with Crippen LogP contribution >= 0.6 is 11.6 Å². The molecule has 1 aliphatic rings. The van der Waals surface area contributed by atoms with Gasteiger partial charge in [-0.15, -0.1) is 0 Å². The molecule has 0 radical (unpaired) electrons. The molecule has 2 N–H and O–H groups in total. The number of piperidine rings is 1. The highest BCUT2D eigenvalue weighted by Gasteiger charge is 2.31. The number of nitrogens with two attached hydrogens (primary N) is 1. The Morgan fingerprint density at radius 1 is 1.25 bits per heavy atom. The molecule has 2 aromatic heterocycles. The van der Waals surface area contributed by atoms with E-state index in [1.54, 1.807) is 16.7 Å². The minimum Gasteiger partial charge on any atom is -0.340 e. The minimum atomic E-state index is -1.08. The average molecular weight is 410 g/mol. The lowest BCUT2D eigenvalue weighted by atomic mass is 10.1. The third-order valence-corrected chi connectivity index (χ3v) is 5.36. The quantitative estimate of drug-likeness (QED) is 0.713. The maximum atomic E-state index is 14.0. The molecule has 0 bridgehead atoms. The lowest BCUT2D eigenvalue weighted by Gasteiger charge is -2.34. The number of imidazole rings is 1. The number of benzene rings is 1. The summed E-state index contributed by atoms with van der Waals surface area (Å²) in [6.45, 7) is 2.55. The Hall–Kier alpha value is -2.32. The highest BCUT2D eigenvalue weighted by Crippen LogP contribution is 2.32. The molecular weight excluding hydrogens is 391 g/mol. The molecule has 1 fully saturated rings. The lowest BCUT2D eigenvalue weighted by Crippen LogP contribution is -2.50. The predicted molar refractivity (Wildman–Crippen MR) is 102 cm³/mol. The maximum Gasteiger partial charge on any atom is 0.207 e. The van der Waals surface area contributed by atoms with Crippen LogP contribution in [0, 0.1) is 11.6 Å². The first kappa shape index (κ1) is 19.0. The van der Waals surface area contributed by atoms with E-state index in [-0.39, 0.29) is 19.0 Å². The second-order valence-electron chi connectivity index (χ2n) is 7.03. The van der Waals surface area contributed by atoms with Gasteiger partial charge in [0, 0.05) is 31.4 Å². The molecule has 9 heteroatoms. The second-order valence-corrected chi connectivity index (χ2v) is 7.47. The fraction of sp³-hybridized carbons (Fsp3) is 0.368. The van der Waals surface area contributed by atoms with E-state index in [4.69, 9.17) is 17.3 Å². The second kappa shape index (κ2) is 7.25. The average Bonchev–Trinajstić information content (AvgIpc) is 3.02. The Morgan fingerprint density at radius 2 is 2.00 bits per heavy atom. The van der Waals surface area contributed by atoms with E-state index in [2.05, 4.69) is 9.97 Å². The van der Waals surface area contributed by atoms with Gasteiger partial charge >= 0.3 is 0 Å². The van der Waals surface area contributed by atoms with Crippen LogP contribution in [0.15, 0.2) is 30.5 Å². The monoisotopic (exact) mass is 409 g/mol. The zero-order valence-electron chi connectivity index (χ0n) is 15.1. The van der Waals surface area contributed by atoms with Gasteiger partial charge < -0.3 is 15.2 Å². The number of rotatable bonds is 3. The molecular formula is C19H19ClF3N5. The number of hydrogen-bond donors (Lipinski definition) is 1. The summed E-state index contributed by atoms with van der Waals surface area (Å²) in [5.74, 6) is -1.46. The molecule has 3 aromatic rings. The zero-order chi connectivity index (χ0) is 20.0. The standard InChI is InChI=1S/C19H19ClF3N5/c1-10(16-3-2-11(20)8-25-16)28-18-7-14(23)13(22)6-17(18)26-19(28)27-5-4-12(21)15(24)9-27/h2-3,6-8,10,12,15H,4-5,9,24H2,1H3/t10-,12+,15+/m0/s1. The van der Waals surface area contributed by atoms with Crippen molar-refractivity contribution in [3.05, 3.63) is 52.8 Å². The van der Waals surface area contributed by atoms with Crippen molar-refractivity contribution >= 4 is 28.6 Å². The van der Waals surface area contributed by atoms with E-state index < -0.39 is 23.8 Å². The molecule has 0 saturated carbocycles. The number of fused-ring (bicyclic) bond motifs is 1. The van der Waals surface area contributed by atoms with E-state index in [9.17, 15) is 13.2 Å². The summed E-state index contributed by atoms with van der Waals surface area (Å²) in [4.78, 5) is 10.7. The van der Waals surface area contributed by atoms with Crippen LogP contribution in [0.25, 0.3) is 11.0 Å². The van der Waals surface area contributed by atoms with Crippen molar-refractivity contribution in [3.63, 3.8) is 0 Å². The van der Waals surface area contributed by atoms with Crippen molar-refractivity contribution in [3.8, 4) is 0 Å². The SMILES string of the molecule is C[C@@H](c1ccc(Cl)cn1)n1c(N2CC[C@@H](F)[C@H](N)C2)nc2cc(F)c(F)cc21. The Labute approximate surface area is 164 Å². The molecule has 0 spiro atoms. The van der Waals surface area contributed by atoms with Gasteiger partial charge in [0.25, 0.3) is 0 Å². The molecule has 3 heterocycles. The van der Waals surface area contributed by atoms with Crippen LogP contribution in [0.1, 0.15) is 25.1 Å². The summed E-state index contributed by atoms with van der Waals surface area (Å²) in [5.41, 5.74) is 7.32. The van der Waals surface area contributed by atoms with Gasteiger partial charge in [-0.05, 0) is 25.5 Å². The molecule has 28 heavy (non-hydrogen) atoms. The normalized spacial score (nSPS) is 21.3. The summed E-state index contributed by atoms with van der Waals surface area (Å²) in [7, 11) is 0. The van der Waals surface area contributed by atoms with Crippen molar-refractivity contribution in [2.24, 2.45) is 5.73 Å². The highest BCUT2D eigenvalue weighted by atomic mass is 35.5. The smallest absolute Gasteiger partial charge is 0.207 e. The van der Waals surface area contributed by atoms with Gasteiger partial charge in [0.15, 0.2) is 11.6 Å². The number of alkyl halides is 1. The molecule has 1 saturated heterocycles. The third-order valence-electron chi connectivity index (χ3n) is 5.13. The Morgan fingerprint density at radius 3 is 2.68 bits per heavy atom. The Kier molecular flexibility index (Phi) is 4.93. The van der Waals surface area contributed by atoms with Gasteiger partial charge in [-0.3, -0.25) is 4.98 Å². The largest absolute Gasteiger partial charge is 0.340 e. The summed E-state index contributed by atoms with van der Waals surface area (Å²) < 4.78 is 43.4. The Bertz CT molecular complexity index is 1010. The molecule has 4 rings (SSSR count). The molecule has 3 atom stereocenters. The summed E-state index contributed by atoms with van der Waals surface area (Å²) in [6, 6.07) is 4.66. The van der Waals surface area contributed by atoms with Gasteiger partial charge in [0.1, 0.15) is 6.17 Å². The minimum absolute atomic E-state index is 0.260. The van der Waals surface area contributed by atoms with Gasteiger partial charge in [-0.25, -0.2) is 18.2 Å². The van der Waals surface area contributed by atoms with E-state index >= 15 is 0 Å². The molecule has 148 valence electrons. The summed E-state index contributed by atoms with van der Waals surface area (Å²) >= 11 is 5.93. The number of nitrogens with zero attached hydrogens (tertiary/aromatic N) is 4. The van der Waals surface area contributed by atoms with Gasteiger partial charge in [0.05, 0.1) is 33.8 Å².